The van der Waals surface area contributed by atoms with Crippen molar-refractivity contribution < 1.29 is 17.9 Å². The van der Waals surface area contributed by atoms with Gasteiger partial charge in [-0.05, 0) is 98.0 Å². The summed E-state index contributed by atoms with van der Waals surface area (Å²) in [6.07, 6.45) is -4.86. The highest BCUT2D eigenvalue weighted by Gasteiger charge is 2.36. The van der Waals surface area contributed by atoms with Crippen molar-refractivity contribution in [2.75, 3.05) is 0 Å². The Morgan fingerprint density at radius 1 is 0.838 bits per heavy atom. The standard InChI is InChI=1S/C30H25F3N2O2/c1-18-5-7-23(21(4)13-18)17-35-28(15-27(30(31,32)33)26(16-34)29(35)36)22-8-11-24(12-9-22)37-25-10-6-19(2)20(3)14-25/h5-15H,17H2,1-4H3. The zero-order valence-corrected chi connectivity index (χ0v) is 20.9. The molecule has 37 heavy (non-hydrogen) atoms. The van der Waals surface area contributed by atoms with E-state index >= 15 is 0 Å². The Hall–Kier alpha value is -4.31. The van der Waals surface area contributed by atoms with E-state index in [1.165, 1.54) is 10.6 Å². The third-order valence-corrected chi connectivity index (χ3v) is 6.41. The Morgan fingerprint density at radius 3 is 2.11 bits per heavy atom. The molecular weight excluding hydrogens is 477 g/mol. The SMILES string of the molecule is Cc1ccc(Cn2c(-c3ccc(Oc4ccc(C)c(C)c4)cc3)cc(C(F)(F)F)c(C#N)c2=O)c(C)c1. The zero-order valence-electron chi connectivity index (χ0n) is 20.9. The molecule has 4 aromatic rings. The maximum absolute atomic E-state index is 13.8. The molecule has 0 radical (unpaired) electrons. The molecule has 4 rings (SSSR count). The van der Waals surface area contributed by atoms with E-state index in [1.807, 2.05) is 64.1 Å². The summed E-state index contributed by atoms with van der Waals surface area (Å²) in [6, 6.07) is 20.2. The molecule has 0 unspecified atom stereocenters. The number of hydrogen-bond acceptors (Lipinski definition) is 3. The molecule has 0 N–H and O–H groups in total. The minimum Gasteiger partial charge on any atom is -0.457 e. The predicted molar refractivity (Wildman–Crippen MR) is 137 cm³/mol. The molecule has 7 heteroatoms. The number of aryl methyl sites for hydroxylation is 4. The summed E-state index contributed by atoms with van der Waals surface area (Å²) in [5.74, 6) is 1.14. The van der Waals surface area contributed by atoms with Crippen molar-refractivity contribution in [1.29, 1.82) is 5.26 Å². The monoisotopic (exact) mass is 502 g/mol. The molecule has 0 atom stereocenters. The van der Waals surface area contributed by atoms with Crippen molar-refractivity contribution in [1.82, 2.24) is 4.57 Å². The van der Waals surface area contributed by atoms with Gasteiger partial charge in [-0.1, -0.05) is 29.8 Å². The van der Waals surface area contributed by atoms with Crippen LogP contribution in [0, 0.1) is 39.0 Å². The maximum Gasteiger partial charge on any atom is 0.417 e. The Labute approximate surface area is 213 Å². The van der Waals surface area contributed by atoms with Gasteiger partial charge in [-0.3, -0.25) is 4.79 Å². The van der Waals surface area contributed by atoms with Gasteiger partial charge in [0.25, 0.3) is 5.56 Å². The van der Waals surface area contributed by atoms with Crippen LogP contribution in [-0.2, 0) is 12.7 Å². The smallest absolute Gasteiger partial charge is 0.417 e. The lowest BCUT2D eigenvalue weighted by Gasteiger charge is -2.19. The molecule has 0 saturated carbocycles. The summed E-state index contributed by atoms with van der Waals surface area (Å²) in [7, 11) is 0. The van der Waals surface area contributed by atoms with E-state index in [0.29, 0.717) is 17.1 Å². The Kier molecular flexibility index (Phi) is 6.95. The molecule has 0 saturated heterocycles. The van der Waals surface area contributed by atoms with Gasteiger partial charge in [0.1, 0.15) is 23.1 Å². The highest BCUT2D eigenvalue weighted by Crippen LogP contribution is 2.34. The van der Waals surface area contributed by atoms with Crippen molar-refractivity contribution in [2.45, 2.75) is 40.4 Å². The molecule has 0 aliphatic rings. The van der Waals surface area contributed by atoms with Crippen molar-refractivity contribution in [3.05, 3.63) is 116 Å². The van der Waals surface area contributed by atoms with Gasteiger partial charge in [-0.2, -0.15) is 18.4 Å². The van der Waals surface area contributed by atoms with Crippen LogP contribution in [0.15, 0.2) is 71.5 Å². The molecule has 1 aromatic heterocycles. The van der Waals surface area contributed by atoms with Gasteiger partial charge < -0.3 is 9.30 Å². The lowest BCUT2D eigenvalue weighted by Crippen LogP contribution is -2.29. The van der Waals surface area contributed by atoms with E-state index in [1.54, 1.807) is 24.3 Å². The molecule has 0 bridgehead atoms. The third kappa shape index (κ3) is 5.44. The quantitative estimate of drug-likeness (QED) is 0.284. The topological polar surface area (TPSA) is 55.0 Å². The minimum absolute atomic E-state index is 0.0218. The van der Waals surface area contributed by atoms with Gasteiger partial charge in [-0.25, -0.2) is 0 Å². The minimum atomic E-state index is -4.86. The van der Waals surface area contributed by atoms with Gasteiger partial charge in [0, 0.05) is 0 Å². The van der Waals surface area contributed by atoms with Gasteiger partial charge in [0.05, 0.1) is 17.8 Å². The third-order valence-electron chi connectivity index (χ3n) is 6.41. The van der Waals surface area contributed by atoms with Crippen LogP contribution in [0.2, 0.25) is 0 Å². The van der Waals surface area contributed by atoms with E-state index in [9.17, 15) is 23.2 Å². The number of aromatic nitrogens is 1. The summed E-state index contributed by atoms with van der Waals surface area (Å²) >= 11 is 0. The number of nitriles is 1. The van der Waals surface area contributed by atoms with Crippen LogP contribution < -0.4 is 10.3 Å². The van der Waals surface area contributed by atoms with Crippen LogP contribution in [-0.4, -0.2) is 4.57 Å². The van der Waals surface area contributed by atoms with Crippen molar-refractivity contribution in [2.24, 2.45) is 0 Å². The summed E-state index contributed by atoms with van der Waals surface area (Å²) in [5, 5.41) is 9.44. The second-order valence-corrected chi connectivity index (χ2v) is 9.12. The fourth-order valence-corrected chi connectivity index (χ4v) is 4.17. The number of nitrogens with zero attached hydrogens (tertiary/aromatic N) is 2. The fraction of sp³-hybridized carbons (Fsp3) is 0.200. The van der Waals surface area contributed by atoms with Crippen LogP contribution in [0.5, 0.6) is 11.5 Å². The highest BCUT2D eigenvalue weighted by atomic mass is 19.4. The number of pyridine rings is 1. The number of alkyl halides is 3. The Morgan fingerprint density at radius 2 is 1.51 bits per heavy atom. The summed E-state index contributed by atoms with van der Waals surface area (Å²) in [5.41, 5.74) is 2.20. The molecule has 0 aliphatic heterocycles. The average molecular weight is 503 g/mol. The Balaban J connectivity index is 1.82. The van der Waals surface area contributed by atoms with Gasteiger partial charge >= 0.3 is 6.18 Å². The van der Waals surface area contributed by atoms with E-state index < -0.39 is 22.9 Å². The van der Waals surface area contributed by atoms with Crippen LogP contribution in [0.4, 0.5) is 13.2 Å². The predicted octanol–water partition coefficient (Wildman–Crippen LogP) is 7.48. The molecule has 1 heterocycles. The summed E-state index contributed by atoms with van der Waals surface area (Å²) in [6.45, 7) is 7.80. The summed E-state index contributed by atoms with van der Waals surface area (Å²) in [4.78, 5) is 13.2. The van der Waals surface area contributed by atoms with Crippen molar-refractivity contribution in [3.63, 3.8) is 0 Å². The lowest BCUT2D eigenvalue weighted by atomic mass is 10.0. The van der Waals surface area contributed by atoms with Gasteiger partial charge in [0.2, 0.25) is 0 Å². The first-order valence-electron chi connectivity index (χ1n) is 11.6. The first-order chi connectivity index (χ1) is 17.5. The van der Waals surface area contributed by atoms with E-state index in [-0.39, 0.29) is 12.2 Å². The number of ether oxygens (including phenoxy) is 1. The molecule has 4 nitrogen and oxygen atoms in total. The zero-order chi connectivity index (χ0) is 26.9. The molecule has 188 valence electrons. The van der Waals surface area contributed by atoms with E-state index in [2.05, 4.69) is 0 Å². The second kappa shape index (κ2) is 9.98. The molecule has 3 aromatic carbocycles. The van der Waals surface area contributed by atoms with Gasteiger partial charge in [0.15, 0.2) is 0 Å². The highest BCUT2D eigenvalue weighted by molar-refractivity contribution is 5.64. The maximum atomic E-state index is 13.8. The normalized spacial score (nSPS) is 11.3. The van der Waals surface area contributed by atoms with Crippen molar-refractivity contribution in [3.8, 4) is 28.8 Å². The second-order valence-electron chi connectivity index (χ2n) is 9.12. The van der Waals surface area contributed by atoms with Crippen LogP contribution in [0.1, 0.15) is 38.9 Å². The largest absolute Gasteiger partial charge is 0.457 e. The van der Waals surface area contributed by atoms with E-state index in [4.69, 9.17) is 4.74 Å². The molecule has 0 amide bonds. The number of hydrogen-bond donors (Lipinski definition) is 0. The molecule has 0 fully saturated rings. The molecule has 0 spiro atoms. The van der Waals surface area contributed by atoms with E-state index in [0.717, 1.165) is 33.9 Å². The lowest BCUT2D eigenvalue weighted by molar-refractivity contribution is -0.137. The first kappa shape index (κ1) is 25.8. The molecular formula is C30H25F3N2O2. The van der Waals surface area contributed by atoms with Gasteiger partial charge in [-0.15, -0.1) is 0 Å². The first-order valence-corrected chi connectivity index (χ1v) is 11.6. The number of benzene rings is 3. The number of halogens is 3. The number of rotatable bonds is 5. The molecule has 0 aliphatic carbocycles. The van der Waals surface area contributed by atoms with Crippen LogP contribution in [0.25, 0.3) is 11.3 Å². The van der Waals surface area contributed by atoms with Crippen LogP contribution in [0.3, 0.4) is 0 Å². The summed E-state index contributed by atoms with van der Waals surface area (Å²) < 4.78 is 48.6. The van der Waals surface area contributed by atoms with Crippen LogP contribution >= 0.6 is 0 Å². The average Bonchev–Trinajstić information content (AvgIpc) is 2.84. The fourth-order valence-electron chi connectivity index (χ4n) is 4.17. The van der Waals surface area contributed by atoms with Crippen molar-refractivity contribution >= 4 is 0 Å². The Bertz CT molecular complexity index is 1580.